The predicted molar refractivity (Wildman–Crippen MR) is 137 cm³/mol. The van der Waals surface area contributed by atoms with Crippen LogP contribution in [0.2, 0.25) is 0 Å². The van der Waals surface area contributed by atoms with Crippen molar-refractivity contribution in [2.75, 3.05) is 33.5 Å². The SMILES string of the molecule is C/C=C/COc1cc(C)c(OCCCCOCc2ccc(COC/C(C)=N/OC)cc2)c(C)c1. The molecule has 6 heteroatoms. The smallest absolute Gasteiger partial charge is 0.125 e. The summed E-state index contributed by atoms with van der Waals surface area (Å²) in [6, 6.07) is 12.4. The summed E-state index contributed by atoms with van der Waals surface area (Å²) in [4.78, 5) is 4.72. The number of allylic oxidation sites excluding steroid dienone is 1. The third kappa shape index (κ3) is 10.4. The molecule has 2 rings (SSSR count). The normalized spacial score (nSPS) is 11.7. The molecule has 0 aliphatic heterocycles. The van der Waals surface area contributed by atoms with Gasteiger partial charge >= 0.3 is 0 Å². The van der Waals surface area contributed by atoms with Crippen molar-refractivity contribution >= 4 is 5.71 Å². The lowest BCUT2D eigenvalue weighted by Crippen LogP contribution is -2.05. The van der Waals surface area contributed by atoms with Crippen molar-refractivity contribution in [1.82, 2.24) is 0 Å². The number of benzene rings is 2. The highest BCUT2D eigenvalue weighted by Crippen LogP contribution is 2.28. The average molecular weight is 470 g/mol. The molecule has 0 fully saturated rings. The van der Waals surface area contributed by atoms with Crippen molar-refractivity contribution in [2.45, 2.75) is 53.8 Å². The number of unbranched alkanes of at least 4 members (excludes halogenated alkanes) is 1. The molecular formula is C28H39NO5. The molecule has 0 bridgehead atoms. The van der Waals surface area contributed by atoms with Crippen LogP contribution in [0, 0.1) is 13.8 Å². The number of hydrogen-bond donors (Lipinski definition) is 0. The van der Waals surface area contributed by atoms with Crippen molar-refractivity contribution in [2.24, 2.45) is 5.16 Å². The maximum atomic E-state index is 6.04. The summed E-state index contributed by atoms with van der Waals surface area (Å²) in [5, 5.41) is 3.83. The van der Waals surface area contributed by atoms with Crippen molar-refractivity contribution in [1.29, 1.82) is 0 Å². The molecule has 0 aliphatic carbocycles. The average Bonchev–Trinajstić information content (AvgIpc) is 2.81. The molecule has 0 saturated heterocycles. The van der Waals surface area contributed by atoms with Crippen LogP contribution in [0.3, 0.4) is 0 Å². The van der Waals surface area contributed by atoms with E-state index in [1.165, 1.54) is 7.11 Å². The second-order valence-corrected chi connectivity index (χ2v) is 8.19. The molecule has 0 heterocycles. The van der Waals surface area contributed by atoms with E-state index in [0.29, 0.717) is 39.6 Å². The highest BCUT2D eigenvalue weighted by molar-refractivity contribution is 5.82. The maximum absolute atomic E-state index is 6.04. The lowest BCUT2D eigenvalue weighted by atomic mass is 10.1. The zero-order chi connectivity index (χ0) is 24.6. The van der Waals surface area contributed by atoms with E-state index in [-0.39, 0.29) is 0 Å². The predicted octanol–water partition coefficient (Wildman–Crippen LogP) is 6.17. The van der Waals surface area contributed by atoms with Gasteiger partial charge in [-0.05, 0) is 74.9 Å². The summed E-state index contributed by atoms with van der Waals surface area (Å²) in [6.45, 7) is 11.5. The summed E-state index contributed by atoms with van der Waals surface area (Å²) in [5.74, 6) is 1.82. The lowest BCUT2D eigenvalue weighted by molar-refractivity contribution is 0.113. The fourth-order valence-corrected chi connectivity index (χ4v) is 3.36. The van der Waals surface area contributed by atoms with Crippen molar-refractivity contribution in [3.63, 3.8) is 0 Å². The van der Waals surface area contributed by atoms with Gasteiger partial charge in [0.1, 0.15) is 25.2 Å². The van der Waals surface area contributed by atoms with Crippen LogP contribution in [0.4, 0.5) is 0 Å². The Balaban J connectivity index is 1.61. The van der Waals surface area contributed by atoms with Gasteiger partial charge in [-0.15, -0.1) is 0 Å². The molecule has 2 aromatic rings. The number of rotatable bonds is 16. The van der Waals surface area contributed by atoms with Crippen LogP contribution in [-0.2, 0) is 27.5 Å². The van der Waals surface area contributed by atoms with E-state index < -0.39 is 0 Å². The maximum Gasteiger partial charge on any atom is 0.125 e. The first-order chi connectivity index (χ1) is 16.5. The number of hydrogen-bond acceptors (Lipinski definition) is 6. The van der Waals surface area contributed by atoms with Gasteiger partial charge in [0.15, 0.2) is 0 Å². The molecule has 0 unspecified atom stereocenters. The molecule has 0 atom stereocenters. The van der Waals surface area contributed by atoms with Crippen LogP contribution < -0.4 is 9.47 Å². The van der Waals surface area contributed by atoms with Crippen LogP contribution in [0.15, 0.2) is 53.7 Å². The molecule has 0 radical (unpaired) electrons. The van der Waals surface area contributed by atoms with Crippen LogP contribution in [0.25, 0.3) is 0 Å². The molecule has 0 saturated carbocycles. The van der Waals surface area contributed by atoms with Gasteiger partial charge in [-0.25, -0.2) is 0 Å². The Morgan fingerprint density at radius 2 is 1.50 bits per heavy atom. The lowest BCUT2D eigenvalue weighted by Gasteiger charge is -2.14. The van der Waals surface area contributed by atoms with Crippen LogP contribution in [0.1, 0.15) is 48.9 Å². The van der Waals surface area contributed by atoms with E-state index in [0.717, 1.165) is 52.3 Å². The molecule has 34 heavy (non-hydrogen) atoms. The monoisotopic (exact) mass is 469 g/mol. The fraction of sp³-hybridized carbons (Fsp3) is 0.464. The molecule has 6 nitrogen and oxygen atoms in total. The number of ether oxygens (including phenoxy) is 4. The van der Waals surface area contributed by atoms with Gasteiger partial charge in [0.25, 0.3) is 0 Å². The minimum Gasteiger partial charge on any atom is -0.493 e. The van der Waals surface area contributed by atoms with Crippen LogP contribution in [0.5, 0.6) is 11.5 Å². The molecule has 0 aromatic heterocycles. The highest BCUT2D eigenvalue weighted by Gasteiger charge is 2.07. The molecule has 186 valence electrons. The highest BCUT2D eigenvalue weighted by atomic mass is 16.6. The van der Waals surface area contributed by atoms with Gasteiger partial charge in [-0.3, -0.25) is 0 Å². The number of nitrogens with zero attached hydrogens (tertiary/aromatic N) is 1. The summed E-state index contributed by atoms with van der Waals surface area (Å²) >= 11 is 0. The second-order valence-electron chi connectivity index (χ2n) is 8.19. The van der Waals surface area contributed by atoms with Gasteiger partial charge < -0.3 is 23.8 Å². The van der Waals surface area contributed by atoms with Gasteiger partial charge in [0.05, 0.1) is 32.1 Å². The first-order valence-corrected chi connectivity index (χ1v) is 11.8. The summed E-state index contributed by atoms with van der Waals surface area (Å²) in [7, 11) is 1.53. The van der Waals surface area contributed by atoms with Gasteiger partial charge in [0, 0.05) is 6.61 Å². The zero-order valence-corrected chi connectivity index (χ0v) is 21.3. The van der Waals surface area contributed by atoms with E-state index in [4.69, 9.17) is 23.8 Å². The Hall–Kier alpha value is -2.83. The third-order valence-corrected chi connectivity index (χ3v) is 5.06. The van der Waals surface area contributed by atoms with Gasteiger partial charge in [-0.2, -0.15) is 0 Å². The second kappa shape index (κ2) is 15.9. The topological polar surface area (TPSA) is 58.5 Å². The van der Waals surface area contributed by atoms with E-state index in [9.17, 15) is 0 Å². The minimum absolute atomic E-state index is 0.456. The standard InChI is InChI=1S/C28H39NO5/c1-6-7-15-33-27-17-22(2)28(23(3)18-27)34-16-9-8-14-31-20-25-10-12-26(13-11-25)21-32-19-24(4)29-30-5/h6-7,10-13,17-18H,8-9,14-16,19-21H2,1-5H3/b7-6+,29-24+. The number of aryl methyl sites for hydroxylation is 2. The summed E-state index contributed by atoms with van der Waals surface area (Å²) < 4.78 is 23.2. The largest absolute Gasteiger partial charge is 0.493 e. The van der Waals surface area contributed by atoms with E-state index >= 15 is 0 Å². The Morgan fingerprint density at radius 1 is 0.882 bits per heavy atom. The van der Waals surface area contributed by atoms with Crippen LogP contribution in [-0.4, -0.2) is 39.2 Å². The molecule has 0 aliphatic rings. The van der Waals surface area contributed by atoms with Gasteiger partial charge in [0.2, 0.25) is 0 Å². The summed E-state index contributed by atoms with van der Waals surface area (Å²) in [6.07, 6.45) is 5.87. The third-order valence-electron chi connectivity index (χ3n) is 5.06. The summed E-state index contributed by atoms with van der Waals surface area (Å²) in [5.41, 5.74) is 5.28. The Labute approximate surface area is 204 Å². The molecule has 0 amide bonds. The van der Waals surface area contributed by atoms with Crippen molar-refractivity contribution in [3.8, 4) is 11.5 Å². The molecule has 0 spiro atoms. The zero-order valence-electron chi connectivity index (χ0n) is 21.3. The molecule has 0 N–H and O–H groups in total. The minimum atomic E-state index is 0.456. The van der Waals surface area contributed by atoms with E-state index in [1.54, 1.807) is 0 Å². The Kier molecular flexibility index (Phi) is 12.8. The molecule has 2 aromatic carbocycles. The molecular weight excluding hydrogens is 430 g/mol. The van der Waals surface area contributed by atoms with E-state index in [1.807, 2.05) is 38.1 Å². The van der Waals surface area contributed by atoms with E-state index in [2.05, 4.69) is 43.3 Å². The van der Waals surface area contributed by atoms with Crippen molar-refractivity contribution in [3.05, 3.63) is 70.8 Å². The quantitative estimate of drug-likeness (QED) is 0.127. The van der Waals surface area contributed by atoms with Crippen LogP contribution >= 0.6 is 0 Å². The Bertz CT molecular complexity index is 883. The number of oxime groups is 1. The first kappa shape index (κ1) is 27.4. The van der Waals surface area contributed by atoms with Crippen molar-refractivity contribution < 1.29 is 23.8 Å². The fourth-order valence-electron chi connectivity index (χ4n) is 3.36. The first-order valence-electron chi connectivity index (χ1n) is 11.8. The van der Waals surface area contributed by atoms with Gasteiger partial charge in [-0.1, -0.05) is 41.6 Å². The Morgan fingerprint density at radius 3 is 2.12 bits per heavy atom.